The molecule has 4 nitrogen and oxygen atoms in total. The van der Waals surface area contributed by atoms with E-state index in [0.29, 0.717) is 0 Å². The van der Waals surface area contributed by atoms with Gasteiger partial charge in [0.1, 0.15) is 0 Å². The molecule has 4 heteroatoms. The van der Waals surface area contributed by atoms with Crippen LogP contribution in [0.5, 0.6) is 0 Å². The Balaban J connectivity index is 4.52. The van der Waals surface area contributed by atoms with Gasteiger partial charge in [-0.15, -0.1) is 0 Å². The van der Waals surface area contributed by atoms with Gasteiger partial charge < -0.3 is 14.2 Å². The Bertz CT molecular complexity index is 242. The highest BCUT2D eigenvalue weighted by molar-refractivity contribution is 5.69. The molecule has 0 aromatic rings. The number of hydrogen-bond acceptors (Lipinski definition) is 4. The van der Waals surface area contributed by atoms with E-state index in [9.17, 15) is 4.79 Å². The molecule has 0 spiro atoms. The highest BCUT2D eigenvalue weighted by Crippen LogP contribution is 2.20. The van der Waals surface area contributed by atoms with Crippen LogP contribution < -0.4 is 0 Å². The molecule has 0 rings (SSSR count). The van der Waals surface area contributed by atoms with Crippen molar-refractivity contribution in [1.29, 1.82) is 0 Å². The summed E-state index contributed by atoms with van der Waals surface area (Å²) in [6.07, 6.45) is -0.606. The molecule has 0 fully saturated rings. The first-order chi connectivity index (χ1) is 7.89. The second-order valence-electron chi connectivity index (χ2n) is 6.63. The molecule has 0 N–H and O–H groups in total. The van der Waals surface area contributed by atoms with E-state index in [-0.39, 0.29) is 29.7 Å². The molecule has 0 aliphatic rings. The SMILES string of the molecule is CC(C)OC(=O)CC(OC(C)(C)C)OC(C)(C)C. The van der Waals surface area contributed by atoms with Gasteiger partial charge in [-0.1, -0.05) is 0 Å². The first-order valence-electron chi connectivity index (χ1n) is 6.44. The largest absolute Gasteiger partial charge is 0.463 e. The summed E-state index contributed by atoms with van der Waals surface area (Å²) in [4.78, 5) is 11.7. The Labute approximate surface area is 111 Å². The zero-order valence-corrected chi connectivity index (χ0v) is 13.0. The molecule has 0 saturated heterocycles. The van der Waals surface area contributed by atoms with Crippen molar-refractivity contribution in [2.75, 3.05) is 0 Å². The van der Waals surface area contributed by atoms with Crippen LogP contribution in [-0.2, 0) is 19.0 Å². The van der Waals surface area contributed by atoms with Gasteiger partial charge in [-0.3, -0.25) is 4.79 Å². The summed E-state index contributed by atoms with van der Waals surface area (Å²) in [5, 5.41) is 0. The lowest BCUT2D eigenvalue weighted by Crippen LogP contribution is -2.37. The van der Waals surface area contributed by atoms with E-state index in [2.05, 4.69) is 0 Å². The first kappa shape index (κ1) is 17.4. The van der Waals surface area contributed by atoms with Crippen LogP contribution >= 0.6 is 0 Å². The van der Waals surface area contributed by atoms with Crippen LogP contribution in [0.4, 0.5) is 0 Å². The molecule has 108 valence electrons. The van der Waals surface area contributed by atoms with Gasteiger partial charge in [0.25, 0.3) is 0 Å². The summed E-state index contributed by atoms with van der Waals surface area (Å²) in [6, 6.07) is 0. The van der Waals surface area contributed by atoms with Crippen molar-refractivity contribution in [1.82, 2.24) is 0 Å². The molecule has 0 radical (unpaired) electrons. The minimum atomic E-state index is -0.587. The van der Waals surface area contributed by atoms with Gasteiger partial charge in [-0.25, -0.2) is 0 Å². The van der Waals surface area contributed by atoms with E-state index in [1.165, 1.54) is 0 Å². The number of carbonyl (C=O) groups is 1. The maximum Gasteiger partial charge on any atom is 0.311 e. The fourth-order valence-corrected chi connectivity index (χ4v) is 1.34. The standard InChI is InChI=1S/C14H28O4/c1-10(2)16-11(15)9-12(17-13(3,4)5)18-14(6,7)8/h10,12H,9H2,1-8H3. The molecule has 0 aromatic heterocycles. The van der Waals surface area contributed by atoms with E-state index in [1.54, 1.807) is 0 Å². The quantitative estimate of drug-likeness (QED) is 0.562. The zero-order valence-electron chi connectivity index (χ0n) is 13.0. The zero-order chi connectivity index (χ0) is 14.6. The van der Waals surface area contributed by atoms with Gasteiger partial charge in [0.15, 0.2) is 6.29 Å². The number of esters is 1. The molecule has 0 atom stereocenters. The minimum Gasteiger partial charge on any atom is -0.463 e. The van der Waals surface area contributed by atoms with Gasteiger partial charge in [0.05, 0.1) is 23.7 Å². The molecule has 0 amide bonds. The normalized spacial score (nSPS) is 13.2. The molecule has 0 bridgehead atoms. The lowest BCUT2D eigenvalue weighted by Gasteiger charge is -2.32. The van der Waals surface area contributed by atoms with Gasteiger partial charge in [0.2, 0.25) is 0 Å². The fraction of sp³-hybridized carbons (Fsp3) is 0.929. The summed E-state index contributed by atoms with van der Waals surface area (Å²) in [7, 11) is 0. The van der Waals surface area contributed by atoms with Crippen LogP contribution in [0.1, 0.15) is 61.8 Å². The highest BCUT2D eigenvalue weighted by Gasteiger charge is 2.27. The summed E-state index contributed by atoms with van der Waals surface area (Å²) >= 11 is 0. The molecule has 0 heterocycles. The molecular formula is C14H28O4. The van der Waals surface area contributed by atoms with E-state index < -0.39 is 6.29 Å². The predicted octanol–water partition coefficient (Wildman–Crippen LogP) is 3.28. The van der Waals surface area contributed by atoms with Crippen LogP contribution in [0.25, 0.3) is 0 Å². The Kier molecular flexibility index (Phi) is 6.30. The summed E-state index contributed by atoms with van der Waals surface area (Å²) in [5.41, 5.74) is -0.734. The molecule has 0 aliphatic heterocycles. The van der Waals surface area contributed by atoms with Gasteiger partial charge in [-0.2, -0.15) is 0 Å². The van der Waals surface area contributed by atoms with Crippen molar-refractivity contribution < 1.29 is 19.0 Å². The lowest BCUT2D eigenvalue weighted by molar-refractivity contribution is -0.238. The molecule has 0 aromatic carbocycles. The van der Waals surface area contributed by atoms with E-state index in [0.717, 1.165) is 0 Å². The van der Waals surface area contributed by atoms with E-state index >= 15 is 0 Å². The van der Waals surface area contributed by atoms with Crippen molar-refractivity contribution in [3.8, 4) is 0 Å². The van der Waals surface area contributed by atoms with Crippen LogP contribution in [0.15, 0.2) is 0 Å². The smallest absolute Gasteiger partial charge is 0.311 e. The Morgan fingerprint density at radius 2 is 1.33 bits per heavy atom. The minimum absolute atomic E-state index is 0.104. The molecule has 0 aliphatic carbocycles. The van der Waals surface area contributed by atoms with E-state index in [4.69, 9.17) is 14.2 Å². The molecule has 0 saturated carbocycles. The van der Waals surface area contributed by atoms with Crippen molar-refractivity contribution in [2.24, 2.45) is 0 Å². The Morgan fingerprint density at radius 1 is 0.944 bits per heavy atom. The summed E-state index contributed by atoms with van der Waals surface area (Å²) in [5.74, 6) is -0.302. The lowest BCUT2D eigenvalue weighted by atomic mass is 10.1. The molecule has 0 unspecified atom stereocenters. The van der Waals surface area contributed by atoms with Crippen molar-refractivity contribution >= 4 is 5.97 Å². The van der Waals surface area contributed by atoms with Crippen molar-refractivity contribution in [3.05, 3.63) is 0 Å². The monoisotopic (exact) mass is 260 g/mol. The second-order valence-corrected chi connectivity index (χ2v) is 6.63. The van der Waals surface area contributed by atoms with Gasteiger partial charge in [0, 0.05) is 0 Å². The average molecular weight is 260 g/mol. The summed E-state index contributed by atoms with van der Waals surface area (Å²) < 4.78 is 16.6. The third-order valence-corrected chi connectivity index (χ3v) is 1.67. The number of hydrogen-bond donors (Lipinski definition) is 0. The Morgan fingerprint density at radius 3 is 1.61 bits per heavy atom. The van der Waals surface area contributed by atoms with Gasteiger partial charge >= 0.3 is 5.97 Å². The maximum atomic E-state index is 11.7. The third-order valence-electron chi connectivity index (χ3n) is 1.67. The predicted molar refractivity (Wildman–Crippen MR) is 71.3 cm³/mol. The maximum absolute atomic E-state index is 11.7. The van der Waals surface area contributed by atoms with Crippen molar-refractivity contribution in [2.45, 2.75) is 85.4 Å². The van der Waals surface area contributed by atoms with Crippen LogP contribution in [-0.4, -0.2) is 29.6 Å². The first-order valence-corrected chi connectivity index (χ1v) is 6.44. The van der Waals surface area contributed by atoms with E-state index in [1.807, 2.05) is 55.4 Å². The number of carbonyl (C=O) groups excluding carboxylic acids is 1. The molecule has 18 heavy (non-hydrogen) atoms. The van der Waals surface area contributed by atoms with Gasteiger partial charge in [-0.05, 0) is 55.4 Å². The third kappa shape index (κ3) is 10.5. The molecular weight excluding hydrogens is 232 g/mol. The number of ether oxygens (including phenoxy) is 3. The van der Waals surface area contributed by atoms with Crippen LogP contribution in [0, 0.1) is 0 Å². The topological polar surface area (TPSA) is 44.8 Å². The fourth-order valence-electron chi connectivity index (χ4n) is 1.34. The highest BCUT2D eigenvalue weighted by atomic mass is 16.7. The van der Waals surface area contributed by atoms with Crippen LogP contribution in [0.3, 0.4) is 0 Å². The average Bonchev–Trinajstić information content (AvgIpc) is 1.92. The van der Waals surface area contributed by atoms with Crippen molar-refractivity contribution in [3.63, 3.8) is 0 Å². The second kappa shape index (κ2) is 6.53. The van der Waals surface area contributed by atoms with Crippen LogP contribution in [0.2, 0.25) is 0 Å². The number of rotatable bonds is 5. The summed E-state index contributed by atoms with van der Waals surface area (Å²) in [6.45, 7) is 15.2. The Hall–Kier alpha value is -0.610.